The summed E-state index contributed by atoms with van der Waals surface area (Å²) >= 11 is 0. The Labute approximate surface area is 160 Å². The Balaban J connectivity index is 1.62. The van der Waals surface area contributed by atoms with Gasteiger partial charge in [0, 0.05) is 61.9 Å². The first kappa shape index (κ1) is 19.2. The molecule has 2 heterocycles. The Bertz CT molecular complexity index is 739. The van der Waals surface area contributed by atoms with E-state index >= 15 is 0 Å². The van der Waals surface area contributed by atoms with Gasteiger partial charge in [-0.15, -0.1) is 0 Å². The smallest absolute Gasteiger partial charge is 0.156 e. The monoisotopic (exact) mass is 372 g/mol. The molecule has 1 aromatic carbocycles. The fourth-order valence-electron chi connectivity index (χ4n) is 3.35. The lowest BCUT2D eigenvalue weighted by Crippen LogP contribution is -2.39. The van der Waals surface area contributed by atoms with Crippen LogP contribution >= 0.6 is 0 Å². The van der Waals surface area contributed by atoms with E-state index in [2.05, 4.69) is 20.2 Å². The zero-order chi connectivity index (χ0) is 19.2. The van der Waals surface area contributed by atoms with Gasteiger partial charge in [-0.25, -0.2) is 9.97 Å². The van der Waals surface area contributed by atoms with Crippen LogP contribution in [-0.4, -0.2) is 50.4 Å². The molecule has 0 spiro atoms. The number of hydrogen-bond acceptors (Lipinski definition) is 7. The van der Waals surface area contributed by atoms with E-state index < -0.39 is 0 Å². The summed E-state index contributed by atoms with van der Waals surface area (Å²) in [6.45, 7) is 4.32. The standard InChI is InChI=1S/C20H28N4O3/c1-14-9-20(23-19(21-14)13-25-2)24-7-5-15(6-8-24)22-16-10-17(26-3)12-18(11-16)27-4/h9-12,15,22H,5-8,13H2,1-4H3. The van der Waals surface area contributed by atoms with E-state index in [4.69, 9.17) is 14.2 Å². The number of benzene rings is 1. The zero-order valence-corrected chi connectivity index (χ0v) is 16.5. The molecule has 3 rings (SSSR count). The number of anilines is 2. The number of nitrogens with one attached hydrogen (secondary N) is 1. The van der Waals surface area contributed by atoms with Crippen molar-refractivity contribution in [1.29, 1.82) is 0 Å². The third kappa shape index (κ3) is 5.01. The molecule has 0 aliphatic carbocycles. The molecule has 7 heteroatoms. The highest BCUT2D eigenvalue weighted by molar-refractivity contribution is 5.54. The van der Waals surface area contributed by atoms with E-state index in [0.717, 1.165) is 60.5 Å². The number of rotatable bonds is 7. The van der Waals surface area contributed by atoms with Crippen LogP contribution in [0.5, 0.6) is 11.5 Å². The average molecular weight is 372 g/mol. The van der Waals surface area contributed by atoms with Gasteiger partial charge in [0.15, 0.2) is 5.82 Å². The summed E-state index contributed by atoms with van der Waals surface area (Å²) in [5.41, 5.74) is 1.99. The van der Waals surface area contributed by atoms with Crippen LogP contribution in [0.2, 0.25) is 0 Å². The lowest BCUT2D eigenvalue weighted by molar-refractivity contribution is 0.177. The van der Waals surface area contributed by atoms with Crippen LogP contribution in [0.15, 0.2) is 24.3 Å². The summed E-state index contributed by atoms with van der Waals surface area (Å²) in [7, 11) is 4.99. The third-order valence-electron chi connectivity index (χ3n) is 4.70. The lowest BCUT2D eigenvalue weighted by Gasteiger charge is -2.34. The summed E-state index contributed by atoms with van der Waals surface area (Å²) in [5, 5.41) is 3.61. The fourth-order valence-corrected chi connectivity index (χ4v) is 3.35. The second kappa shape index (κ2) is 8.90. The maximum Gasteiger partial charge on any atom is 0.156 e. The maximum atomic E-state index is 5.35. The van der Waals surface area contributed by atoms with E-state index in [-0.39, 0.29) is 0 Å². The Morgan fingerprint density at radius 1 is 1.00 bits per heavy atom. The fraction of sp³-hybridized carbons (Fsp3) is 0.500. The van der Waals surface area contributed by atoms with Gasteiger partial charge in [0.25, 0.3) is 0 Å². The summed E-state index contributed by atoms with van der Waals surface area (Å²) in [4.78, 5) is 11.4. The van der Waals surface area contributed by atoms with Crippen LogP contribution in [0.25, 0.3) is 0 Å². The van der Waals surface area contributed by atoms with Crippen molar-refractivity contribution < 1.29 is 14.2 Å². The molecule has 1 aliphatic heterocycles. The highest BCUT2D eigenvalue weighted by Crippen LogP contribution is 2.28. The van der Waals surface area contributed by atoms with Gasteiger partial charge >= 0.3 is 0 Å². The number of methoxy groups -OCH3 is 3. The highest BCUT2D eigenvalue weighted by atomic mass is 16.5. The molecule has 1 N–H and O–H groups in total. The molecule has 0 saturated carbocycles. The molecular formula is C20H28N4O3. The molecule has 0 radical (unpaired) electrons. The van der Waals surface area contributed by atoms with E-state index in [1.165, 1.54) is 0 Å². The van der Waals surface area contributed by atoms with Crippen LogP contribution in [0.3, 0.4) is 0 Å². The summed E-state index contributed by atoms with van der Waals surface area (Å²) < 4.78 is 15.9. The molecule has 0 atom stereocenters. The van der Waals surface area contributed by atoms with Crippen LogP contribution in [-0.2, 0) is 11.3 Å². The minimum Gasteiger partial charge on any atom is -0.497 e. The van der Waals surface area contributed by atoms with Crippen molar-refractivity contribution in [2.24, 2.45) is 0 Å². The van der Waals surface area contributed by atoms with Crippen LogP contribution in [0.4, 0.5) is 11.5 Å². The van der Waals surface area contributed by atoms with Crippen molar-refractivity contribution in [3.8, 4) is 11.5 Å². The van der Waals surface area contributed by atoms with Gasteiger partial charge in [-0.1, -0.05) is 0 Å². The van der Waals surface area contributed by atoms with Crippen molar-refractivity contribution in [2.45, 2.75) is 32.4 Å². The van der Waals surface area contributed by atoms with Gasteiger partial charge in [-0.3, -0.25) is 0 Å². The van der Waals surface area contributed by atoms with E-state index in [9.17, 15) is 0 Å². The first-order chi connectivity index (χ1) is 13.1. The van der Waals surface area contributed by atoms with Crippen molar-refractivity contribution in [2.75, 3.05) is 44.6 Å². The van der Waals surface area contributed by atoms with Gasteiger partial charge in [-0.05, 0) is 19.8 Å². The molecule has 146 valence electrons. The quantitative estimate of drug-likeness (QED) is 0.801. The molecule has 0 amide bonds. The topological polar surface area (TPSA) is 68.7 Å². The number of ether oxygens (including phenoxy) is 3. The number of hydrogen-bond donors (Lipinski definition) is 1. The molecule has 1 aliphatic rings. The van der Waals surface area contributed by atoms with Crippen molar-refractivity contribution in [3.05, 3.63) is 35.8 Å². The Kier molecular flexibility index (Phi) is 6.34. The molecular weight excluding hydrogens is 344 g/mol. The SMILES string of the molecule is COCc1nc(C)cc(N2CCC(Nc3cc(OC)cc(OC)c3)CC2)n1. The first-order valence-electron chi connectivity index (χ1n) is 9.19. The van der Waals surface area contributed by atoms with Crippen LogP contribution < -0.4 is 19.7 Å². The maximum absolute atomic E-state index is 5.35. The molecule has 0 bridgehead atoms. The summed E-state index contributed by atoms with van der Waals surface area (Å²) in [6, 6.07) is 8.32. The third-order valence-corrected chi connectivity index (χ3v) is 4.70. The molecule has 1 saturated heterocycles. The van der Waals surface area contributed by atoms with Gasteiger partial charge in [-0.2, -0.15) is 0 Å². The second-order valence-corrected chi connectivity index (χ2v) is 6.72. The Morgan fingerprint density at radius 3 is 2.26 bits per heavy atom. The van der Waals surface area contributed by atoms with Crippen LogP contribution in [0.1, 0.15) is 24.4 Å². The van der Waals surface area contributed by atoms with E-state index in [1.807, 2.05) is 31.2 Å². The van der Waals surface area contributed by atoms with E-state index in [1.54, 1.807) is 21.3 Å². The van der Waals surface area contributed by atoms with Crippen molar-refractivity contribution in [1.82, 2.24) is 9.97 Å². The number of aromatic nitrogens is 2. The Morgan fingerprint density at radius 2 is 1.67 bits per heavy atom. The van der Waals surface area contributed by atoms with E-state index in [0.29, 0.717) is 12.6 Å². The van der Waals surface area contributed by atoms with Gasteiger partial charge in [0.05, 0.1) is 14.2 Å². The largest absolute Gasteiger partial charge is 0.497 e. The summed E-state index contributed by atoms with van der Waals surface area (Å²) in [6.07, 6.45) is 2.06. The number of aryl methyl sites for hydroxylation is 1. The molecule has 0 unspecified atom stereocenters. The van der Waals surface area contributed by atoms with Gasteiger partial charge in [0.1, 0.15) is 23.9 Å². The number of piperidine rings is 1. The summed E-state index contributed by atoms with van der Waals surface area (Å²) in [5.74, 6) is 3.29. The van der Waals surface area contributed by atoms with Gasteiger partial charge in [0.2, 0.25) is 0 Å². The predicted octanol–water partition coefficient (Wildman–Crippen LogP) is 3.03. The second-order valence-electron chi connectivity index (χ2n) is 6.72. The average Bonchev–Trinajstić information content (AvgIpc) is 2.68. The number of nitrogens with zero attached hydrogens (tertiary/aromatic N) is 3. The minimum absolute atomic E-state index is 0.402. The normalized spacial score (nSPS) is 14.9. The van der Waals surface area contributed by atoms with Crippen molar-refractivity contribution in [3.63, 3.8) is 0 Å². The molecule has 7 nitrogen and oxygen atoms in total. The lowest BCUT2D eigenvalue weighted by atomic mass is 10.0. The molecule has 1 aromatic heterocycles. The predicted molar refractivity (Wildman–Crippen MR) is 106 cm³/mol. The molecule has 27 heavy (non-hydrogen) atoms. The Hall–Kier alpha value is -2.54. The van der Waals surface area contributed by atoms with Gasteiger partial charge < -0.3 is 24.4 Å². The minimum atomic E-state index is 0.402. The highest BCUT2D eigenvalue weighted by Gasteiger charge is 2.21. The van der Waals surface area contributed by atoms with Crippen molar-refractivity contribution >= 4 is 11.5 Å². The molecule has 2 aromatic rings. The first-order valence-corrected chi connectivity index (χ1v) is 9.19. The molecule has 1 fully saturated rings. The van der Waals surface area contributed by atoms with Crippen LogP contribution in [0, 0.1) is 6.92 Å². The zero-order valence-electron chi connectivity index (χ0n) is 16.5.